The van der Waals surface area contributed by atoms with Crippen molar-refractivity contribution in [3.05, 3.63) is 126 Å². The van der Waals surface area contributed by atoms with Crippen molar-refractivity contribution < 1.29 is 9.53 Å². The van der Waals surface area contributed by atoms with Gasteiger partial charge in [0.05, 0.1) is 0 Å². The Labute approximate surface area is 229 Å². The third kappa shape index (κ3) is 6.19. The van der Waals surface area contributed by atoms with Gasteiger partial charge in [-0.15, -0.1) is 6.58 Å². The molecular weight excluding hydrogens is 482 g/mol. The number of para-hydroxylation sites is 1. The second kappa shape index (κ2) is 12.1. The second-order valence-corrected chi connectivity index (χ2v) is 9.61. The minimum absolute atomic E-state index is 0.137. The Morgan fingerprint density at radius 2 is 1.64 bits per heavy atom. The Morgan fingerprint density at radius 3 is 2.38 bits per heavy atom. The predicted octanol–water partition coefficient (Wildman–Crippen LogP) is 6.40. The molecule has 0 radical (unpaired) electrons. The van der Waals surface area contributed by atoms with E-state index >= 15 is 0 Å². The van der Waals surface area contributed by atoms with Crippen LogP contribution in [-0.4, -0.2) is 37.0 Å². The molecule has 0 saturated carbocycles. The zero-order chi connectivity index (χ0) is 27.0. The van der Waals surface area contributed by atoms with Crippen molar-refractivity contribution in [1.29, 1.82) is 5.26 Å². The van der Waals surface area contributed by atoms with Gasteiger partial charge >= 0.3 is 0 Å². The van der Waals surface area contributed by atoms with Crippen molar-refractivity contribution in [2.45, 2.75) is 13.0 Å². The summed E-state index contributed by atoms with van der Waals surface area (Å²) in [5.74, 6) is 0.536. The third-order valence-corrected chi connectivity index (χ3v) is 7.01. The lowest BCUT2D eigenvalue weighted by molar-refractivity contribution is -0.126. The van der Waals surface area contributed by atoms with E-state index in [1.54, 1.807) is 11.0 Å². The van der Waals surface area contributed by atoms with Gasteiger partial charge in [-0.2, -0.15) is 5.26 Å². The molecular formula is C34H31N3O2. The first-order chi connectivity index (χ1) is 19.1. The Morgan fingerprint density at radius 1 is 0.897 bits per heavy atom. The molecule has 1 amide bonds. The summed E-state index contributed by atoms with van der Waals surface area (Å²) < 4.78 is 6.19. The van der Waals surface area contributed by atoms with Gasteiger partial charge in [0, 0.05) is 31.9 Å². The number of benzene rings is 4. The molecule has 4 aromatic rings. The Balaban J connectivity index is 1.27. The first-order valence-electron chi connectivity index (χ1n) is 13.2. The highest BCUT2D eigenvalue weighted by molar-refractivity contribution is 6.01. The normalized spacial score (nSPS) is 13.7. The van der Waals surface area contributed by atoms with E-state index in [0.717, 1.165) is 41.2 Å². The average Bonchev–Trinajstić information content (AvgIpc) is 2.99. The van der Waals surface area contributed by atoms with Gasteiger partial charge in [0.25, 0.3) is 5.91 Å². The van der Waals surface area contributed by atoms with E-state index in [1.807, 2.05) is 54.6 Å². The summed E-state index contributed by atoms with van der Waals surface area (Å²) in [6, 6.07) is 32.7. The minimum atomic E-state index is -0.230. The molecule has 5 heteroatoms. The van der Waals surface area contributed by atoms with E-state index in [1.165, 1.54) is 10.8 Å². The van der Waals surface area contributed by atoms with Gasteiger partial charge in [-0.3, -0.25) is 4.79 Å². The monoisotopic (exact) mass is 513 g/mol. The van der Waals surface area contributed by atoms with Gasteiger partial charge in [0.15, 0.2) is 0 Å². The van der Waals surface area contributed by atoms with Gasteiger partial charge in [0.2, 0.25) is 0 Å². The van der Waals surface area contributed by atoms with E-state index in [4.69, 9.17) is 4.74 Å². The van der Waals surface area contributed by atoms with Gasteiger partial charge in [0.1, 0.15) is 24.0 Å². The molecule has 5 rings (SSSR count). The van der Waals surface area contributed by atoms with Crippen molar-refractivity contribution in [2.75, 3.05) is 31.1 Å². The molecule has 1 aliphatic rings. The van der Waals surface area contributed by atoms with E-state index in [0.29, 0.717) is 26.1 Å². The molecule has 1 heterocycles. The number of rotatable bonds is 8. The van der Waals surface area contributed by atoms with Crippen molar-refractivity contribution in [1.82, 2.24) is 4.90 Å². The highest BCUT2D eigenvalue weighted by Gasteiger charge is 2.24. The first-order valence-corrected chi connectivity index (χ1v) is 13.2. The maximum absolute atomic E-state index is 13.2. The lowest BCUT2D eigenvalue weighted by Crippen LogP contribution is -2.49. The molecule has 0 atom stereocenters. The molecule has 0 aliphatic carbocycles. The van der Waals surface area contributed by atoms with Crippen LogP contribution in [0.5, 0.6) is 5.75 Å². The summed E-state index contributed by atoms with van der Waals surface area (Å²) in [7, 11) is 0. The fraction of sp³-hybridized carbons (Fsp3) is 0.176. The molecule has 1 aliphatic heterocycles. The molecule has 5 nitrogen and oxygen atoms in total. The van der Waals surface area contributed by atoms with Crippen molar-refractivity contribution in [3.8, 4) is 11.8 Å². The number of carbonyl (C=O) groups is 1. The van der Waals surface area contributed by atoms with Crippen LogP contribution in [0.4, 0.5) is 5.69 Å². The van der Waals surface area contributed by atoms with E-state index in [2.05, 4.69) is 60.0 Å². The number of fused-ring (bicyclic) bond motifs is 1. The second-order valence-electron chi connectivity index (χ2n) is 9.61. The molecule has 0 aromatic heterocycles. The number of amides is 1. The molecule has 4 aromatic carbocycles. The molecule has 194 valence electrons. The standard InChI is InChI=1S/C34H31N3O2/c1-2-8-30-21-26(14-16-33(30)39-25-27-13-15-28-9-6-7-10-29(28)23-27)22-31(24-35)34(38)37-19-17-36(18-20-37)32-11-4-3-5-12-32/h2-7,9-16,21-23H,1,8,17-20,25H2/b31-22-. The number of piperazine rings is 1. The average molecular weight is 514 g/mol. The number of anilines is 1. The van der Waals surface area contributed by atoms with Crippen LogP contribution in [0.2, 0.25) is 0 Å². The summed E-state index contributed by atoms with van der Waals surface area (Å²) in [5, 5.41) is 12.2. The van der Waals surface area contributed by atoms with Crippen LogP contribution >= 0.6 is 0 Å². The summed E-state index contributed by atoms with van der Waals surface area (Å²) in [6.07, 6.45) is 4.12. The van der Waals surface area contributed by atoms with E-state index in [9.17, 15) is 10.1 Å². The number of hydrogen-bond donors (Lipinski definition) is 0. The van der Waals surface area contributed by atoms with Gasteiger partial charge in [-0.05, 0) is 70.3 Å². The van der Waals surface area contributed by atoms with Crippen LogP contribution in [0, 0.1) is 11.3 Å². The maximum Gasteiger partial charge on any atom is 0.264 e. The zero-order valence-corrected chi connectivity index (χ0v) is 21.9. The molecule has 0 N–H and O–H groups in total. The molecule has 0 spiro atoms. The van der Waals surface area contributed by atoms with Gasteiger partial charge in [-0.25, -0.2) is 0 Å². The number of ether oxygens (including phenoxy) is 1. The SMILES string of the molecule is C=CCc1cc(/C=C(/C#N)C(=O)N2CCN(c3ccccc3)CC2)ccc1OCc1ccc2ccccc2c1. The van der Waals surface area contributed by atoms with Gasteiger partial charge < -0.3 is 14.5 Å². The van der Waals surface area contributed by atoms with Gasteiger partial charge in [-0.1, -0.05) is 66.7 Å². The van der Waals surface area contributed by atoms with Crippen molar-refractivity contribution in [2.24, 2.45) is 0 Å². The van der Waals surface area contributed by atoms with Crippen LogP contribution in [0.3, 0.4) is 0 Å². The number of nitrogens with zero attached hydrogens (tertiary/aromatic N) is 3. The predicted molar refractivity (Wildman–Crippen MR) is 157 cm³/mol. The summed E-state index contributed by atoms with van der Waals surface area (Å²) in [5.41, 5.74) is 4.13. The van der Waals surface area contributed by atoms with Crippen molar-refractivity contribution >= 4 is 28.4 Å². The molecule has 1 fully saturated rings. The topological polar surface area (TPSA) is 56.6 Å². The van der Waals surface area contributed by atoms with Crippen LogP contribution in [0.25, 0.3) is 16.8 Å². The van der Waals surface area contributed by atoms with E-state index < -0.39 is 0 Å². The Bertz CT molecular complexity index is 1540. The Kier molecular flexibility index (Phi) is 8.04. The lowest BCUT2D eigenvalue weighted by Gasteiger charge is -2.36. The summed E-state index contributed by atoms with van der Waals surface area (Å²) >= 11 is 0. The Hall–Kier alpha value is -4.82. The smallest absolute Gasteiger partial charge is 0.264 e. The molecule has 39 heavy (non-hydrogen) atoms. The summed E-state index contributed by atoms with van der Waals surface area (Å²) in [4.78, 5) is 17.2. The highest BCUT2D eigenvalue weighted by Crippen LogP contribution is 2.25. The molecule has 0 unspecified atom stereocenters. The van der Waals surface area contributed by atoms with Crippen LogP contribution < -0.4 is 9.64 Å². The highest BCUT2D eigenvalue weighted by atomic mass is 16.5. The fourth-order valence-electron chi connectivity index (χ4n) is 4.92. The quantitative estimate of drug-likeness (QED) is 0.155. The maximum atomic E-state index is 13.2. The number of hydrogen-bond acceptors (Lipinski definition) is 4. The summed E-state index contributed by atoms with van der Waals surface area (Å²) in [6.45, 7) is 6.96. The minimum Gasteiger partial charge on any atom is -0.489 e. The van der Waals surface area contributed by atoms with Crippen LogP contribution in [0.1, 0.15) is 16.7 Å². The van der Waals surface area contributed by atoms with Crippen molar-refractivity contribution in [3.63, 3.8) is 0 Å². The van der Waals surface area contributed by atoms with Crippen LogP contribution in [-0.2, 0) is 17.8 Å². The largest absolute Gasteiger partial charge is 0.489 e. The lowest BCUT2D eigenvalue weighted by atomic mass is 10.0. The van der Waals surface area contributed by atoms with E-state index in [-0.39, 0.29) is 11.5 Å². The molecule has 0 bridgehead atoms. The fourth-order valence-corrected chi connectivity index (χ4v) is 4.92. The zero-order valence-electron chi connectivity index (χ0n) is 21.9. The third-order valence-electron chi connectivity index (χ3n) is 7.01. The first kappa shape index (κ1) is 25.8. The number of nitriles is 1. The van der Waals surface area contributed by atoms with Crippen LogP contribution in [0.15, 0.2) is 109 Å². The molecule has 1 saturated heterocycles. The number of allylic oxidation sites excluding steroid dienone is 1. The number of carbonyl (C=O) groups excluding carboxylic acids is 1.